The van der Waals surface area contributed by atoms with Gasteiger partial charge >= 0.3 is 5.97 Å². The van der Waals surface area contributed by atoms with Crippen LogP contribution in [-0.4, -0.2) is 35.9 Å². The number of hydrogen-bond acceptors (Lipinski definition) is 6. The maximum atomic E-state index is 12.6. The third-order valence-electron chi connectivity index (χ3n) is 4.48. The molecule has 33 heavy (non-hydrogen) atoms. The van der Waals surface area contributed by atoms with Crippen LogP contribution in [0.4, 0.5) is 10.7 Å². The van der Waals surface area contributed by atoms with Crippen molar-refractivity contribution in [1.29, 1.82) is 0 Å². The molecule has 0 spiro atoms. The normalized spacial score (nSPS) is 10.5. The first-order valence-electron chi connectivity index (χ1n) is 10.2. The molecular formula is C24H23ClN2O4S2. The van der Waals surface area contributed by atoms with Crippen molar-refractivity contribution in [1.82, 2.24) is 0 Å². The van der Waals surface area contributed by atoms with Gasteiger partial charge in [-0.25, -0.2) is 4.79 Å². The molecule has 0 aliphatic carbocycles. The number of thioether (sulfide) groups is 1. The van der Waals surface area contributed by atoms with Gasteiger partial charge in [-0.05, 0) is 43.7 Å². The summed E-state index contributed by atoms with van der Waals surface area (Å²) in [6, 6.07) is 14.6. The summed E-state index contributed by atoms with van der Waals surface area (Å²) in [5, 5.41) is 8.37. The second-order valence-electron chi connectivity index (χ2n) is 7.04. The Labute approximate surface area is 205 Å². The fourth-order valence-electron chi connectivity index (χ4n) is 2.93. The summed E-state index contributed by atoms with van der Waals surface area (Å²) >= 11 is 8.41. The van der Waals surface area contributed by atoms with E-state index in [9.17, 15) is 14.4 Å². The summed E-state index contributed by atoms with van der Waals surface area (Å²) in [6.07, 6.45) is 0. The minimum absolute atomic E-state index is 0.0672. The van der Waals surface area contributed by atoms with Gasteiger partial charge in [0.05, 0.1) is 18.1 Å². The van der Waals surface area contributed by atoms with Crippen molar-refractivity contribution in [3.63, 3.8) is 0 Å². The van der Waals surface area contributed by atoms with Crippen LogP contribution in [0.5, 0.6) is 0 Å². The number of nitrogens with one attached hydrogen (secondary N) is 2. The molecule has 3 aromatic rings. The van der Waals surface area contributed by atoms with Gasteiger partial charge in [0.25, 0.3) is 0 Å². The van der Waals surface area contributed by atoms with Gasteiger partial charge in [-0.1, -0.05) is 41.4 Å². The van der Waals surface area contributed by atoms with E-state index in [1.54, 1.807) is 36.6 Å². The zero-order valence-electron chi connectivity index (χ0n) is 18.1. The Balaban J connectivity index is 1.61. The fourth-order valence-corrected chi connectivity index (χ4v) is 4.65. The highest BCUT2D eigenvalue weighted by Crippen LogP contribution is 2.36. The number of benzene rings is 2. The smallest absolute Gasteiger partial charge is 0.341 e. The molecular weight excluding hydrogens is 480 g/mol. The van der Waals surface area contributed by atoms with Crippen LogP contribution in [0.2, 0.25) is 5.02 Å². The second kappa shape index (κ2) is 11.9. The van der Waals surface area contributed by atoms with Gasteiger partial charge in [-0.2, -0.15) is 0 Å². The van der Waals surface area contributed by atoms with Crippen molar-refractivity contribution in [2.45, 2.75) is 13.8 Å². The number of halogens is 1. The van der Waals surface area contributed by atoms with Gasteiger partial charge in [0.15, 0.2) is 0 Å². The Hall–Kier alpha value is -2.81. The van der Waals surface area contributed by atoms with Gasteiger partial charge in [0.2, 0.25) is 11.8 Å². The number of anilines is 2. The number of carbonyl (C=O) groups is 3. The molecule has 6 nitrogen and oxygen atoms in total. The summed E-state index contributed by atoms with van der Waals surface area (Å²) < 4.78 is 5.20. The average Bonchev–Trinajstić information content (AvgIpc) is 3.19. The average molecular weight is 503 g/mol. The lowest BCUT2D eigenvalue weighted by Crippen LogP contribution is -2.19. The Kier molecular flexibility index (Phi) is 8.94. The first-order valence-corrected chi connectivity index (χ1v) is 12.6. The van der Waals surface area contributed by atoms with Gasteiger partial charge in [0, 0.05) is 21.7 Å². The number of esters is 1. The SMILES string of the molecule is CCOC(=O)c1c(-c2ccc(Cl)cc2)csc1NC(=O)CSCC(=O)Nc1ccc(C)cc1. The first kappa shape index (κ1) is 24.8. The van der Waals surface area contributed by atoms with E-state index in [0.29, 0.717) is 26.8 Å². The maximum absolute atomic E-state index is 12.6. The van der Waals surface area contributed by atoms with Gasteiger partial charge in [0.1, 0.15) is 10.6 Å². The molecule has 0 fully saturated rings. The van der Waals surface area contributed by atoms with Crippen molar-refractivity contribution in [3.8, 4) is 11.1 Å². The molecule has 0 bridgehead atoms. The van der Waals surface area contributed by atoms with Gasteiger partial charge < -0.3 is 15.4 Å². The molecule has 1 heterocycles. The van der Waals surface area contributed by atoms with E-state index in [2.05, 4.69) is 10.6 Å². The summed E-state index contributed by atoms with van der Waals surface area (Å²) in [5.74, 6) is -0.808. The van der Waals surface area contributed by atoms with Crippen molar-refractivity contribution in [3.05, 3.63) is 70.1 Å². The molecule has 0 saturated heterocycles. The number of thiophene rings is 1. The molecule has 2 N–H and O–H groups in total. The number of carbonyl (C=O) groups excluding carboxylic acids is 3. The monoisotopic (exact) mass is 502 g/mol. The number of amides is 2. The summed E-state index contributed by atoms with van der Waals surface area (Å²) in [6.45, 7) is 3.91. The third kappa shape index (κ3) is 7.08. The van der Waals surface area contributed by atoms with Crippen LogP contribution in [0.25, 0.3) is 11.1 Å². The Bertz CT molecular complexity index is 1130. The minimum Gasteiger partial charge on any atom is -0.462 e. The van der Waals surface area contributed by atoms with E-state index >= 15 is 0 Å². The molecule has 0 aliphatic rings. The summed E-state index contributed by atoms with van der Waals surface area (Å²) in [4.78, 5) is 37.2. The number of hydrogen-bond donors (Lipinski definition) is 2. The van der Waals surface area contributed by atoms with Crippen molar-refractivity contribution in [2.24, 2.45) is 0 Å². The quantitative estimate of drug-likeness (QED) is 0.358. The summed E-state index contributed by atoms with van der Waals surface area (Å²) in [7, 11) is 0. The molecule has 9 heteroatoms. The van der Waals surface area contributed by atoms with E-state index in [1.165, 1.54) is 23.1 Å². The van der Waals surface area contributed by atoms with Gasteiger partial charge in [-0.3, -0.25) is 9.59 Å². The zero-order valence-corrected chi connectivity index (χ0v) is 20.5. The number of aryl methyl sites for hydroxylation is 1. The highest BCUT2D eigenvalue weighted by molar-refractivity contribution is 8.00. The second-order valence-corrected chi connectivity index (χ2v) is 9.34. The van der Waals surface area contributed by atoms with Crippen LogP contribution in [0.1, 0.15) is 22.8 Å². The molecule has 3 rings (SSSR count). The molecule has 0 aliphatic heterocycles. The third-order valence-corrected chi connectivity index (χ3v) is 6.56. The Morgan fingerprint density at radius 1 is 0.970 bits per heavy atom. The van der Waals surface area contributed by atoms with Crippen LogP contribution in [0.3, 0.4) is 0 Å². The number of ether oxygens (including phenoxy) is 1. The van der Waals surface area contributed by atoms with Crippen LogP contribution in [0, 0.1) is 6.92 Å². The number of rotatable bonds is 9. The fraction of sp³-hybridized carbons (Fsp3) is 0.208. The lowest BCUT2D eigenvalue weighted by Gasteiger charge is -2.09. The molecule has 2 amide bonds. The van der Waals surface area contributed by atoms with E-state index in [4.69, 9.17) is 16.3 Å². The van der Waals surface area contributed by atoms with Crippen LogP contribution < -0.4 is 10.6 Å². The largest absolute Gasteiger partial charge is 0.462 e. The van der Waals surface area contributed by atoms with E-state index in [-0.39, 0.29) is 29.9 Å². The van der Waals surface area contributed by atoms with Crippen LogP contribution in [-0.2, 0) is 14.3 Å². The summed E-state index contributed by atoms with van der Waals surface area (Å²) in [5.41, 5.74) is 3.58. The van der Waals surface area contributed by atoms with Crippen LogP contribution >= 0.6 is 34.7 Å². The maximum Gasteiger partial charge on any atom is 0.341 e. The van der Waals surface area contributed by atoms with E-state index < -0.39 is 5.97 Å². The molecule has 0 saturated carbocycles. The molecule has 1 aromatic heterocycles. The first-order chi connectivity index (χ1) is 15.9. The predicted molar refractivity (Wildman–Crippen MR) is 136 cm³/mol. The van der Waals surface area contributed by atoms with Crippen LogP contribution in [0.15, 0.2) is 53.9 Å². The Morgan fingerprint density at radius 3 is 2.24 bits per heavy atom. The van der Waals surface area contributed by atoms with Crippen molar-refractivity contribution < 1.29 is 19.1 Å². The van der Waals surface area contributed by atoms with Gasteiger partial charge in [-0.15, -0.1) is 23.1 Å². The van der Waals surface area contributed by atoms with E-state index in [0.717, 1.165) is 11.1 Å². The lowest BCUT2D eigenvalue weighted by molar-refractivity contribution is -0.114. The molecule has 172 valence electrons. The molecule has 0 radical (unpaired) electrons. The molecule has 0 unspecified atom stereocenters. The highest BCUT2D eigenvalue weighted by Gasteiger charge is 2.23. The molecule has 2 aromatic carbocycles. The van der Waals surface area contributed by atoms with Crippen molar-refractivity contribution >= 4 is 63.2 Å². The Morgan fingerprint density at radius 2 is 1.61 bits per heavy atom. The minimum atomic E-state index is -0.510. The standard InChI is InChI=1S/C24H23ClN2O4S2/c1-3-31-24(30)22-19(16-6-8-17(25)9-7-16)12-33-23(22)27-21(29)14-32-13-20(28)26-18-10-4-15(2)5-11-18/h4-12H,3,13-14H2,1-2H3,(H,26,28)(H,27,29). The topological polar surface area (TPSA) is 84.5 Å². The van der Waals surface area contributed by atoms with Crippen molar-refractivity contribution in [2.75, 3.05) is 28.7 Å². The molecule has 0 atom stereocenters. The highest BCUT2D eigenvalue weighted by atomic mass is 35.5. The lowest BCUT2D eigenvalue weighted by atomic mass is 10.0. The predicted octanol–water partition coefficient (Wildman–Crippen LogP) is 5.86. The zero-order chi connectivity index (χ0) is 23.8. The van der Waals surface area contributed by atoms with E-state index in [1.807, 2.05) is 31.2 Å².